The fourth-order valence-electron chi connectivity index (χ4n) is 6.80. The van der Waals surface area contributed by atoms with Crippen molar-refractivity contribution in [3.63, 3.8) is 0 Å². The van der Waals surface area contributed by atoms with Crippen LogP contribution in [0.5, 0.6) is 5.75 Å². The summed E-state index contributed by atoms with van der Waals surface area (Å²) in [7, 11) is 0. The molecule has 4 fully saturated rings. The van der Waals surface area contributed by atoms with Gasteiger partial charge in [0, 0.05) is 10.8 Å². The Kier molecular flexibility index (Phi) is 3.60. The van der Waals surface area contributed by atoms with Crippen LogP contribution in [-0.2, 0) is 12.0 Å². The van der Waals surface area contributed by atoms with Crippen LogP contribution in [0.1, 0.15) is 49.4 Å². The van der Waals surface area contributed by atoms with Gasteiger partial charge in [-0.15, -0.1) is 10.2 Å². The van der Waals surface area contributed by atoms with Crippen molar-refractivity contribution in [2.45, 2.75) is 50.5 Å². The minimum Gasteiger partial charge on any atom is -0.485 e. The maximum Gasteiger partial charge on any atom is 0.234 e. The fraction of sp³-hybridized carbons (Fsp3) is 0.458. The predicted octanol–water partition coefficient (Wildman–Crippen LogP) is 5.39. The minimum atomic E-state index is 0.299. The molecule has 4 bridgehead atoms. The first-order valence-corrected chi connectivity index (χ1v) is 11.9. The molecule has 152 valence electrons. The van der Waals surface area contributed by atoms with Gasteiger partial charge in [-0.2, -0.15) is 9.61 Å². The van der Waals surface area contributed by atoms with Crippen molar-refractivity contribution in [3.05, 3.63) is 53.3 Å². The lowest BCUT2D eigenvalue weighted by Crippen LogP contribution is -2.48. The normalized spacial score (nSPS) is 29.8. The van der Waals surface area contributed by atoms with Gasteiger partial charge in [-0.1, -0.05) is 47.7 Å². The average Bonchev–Trinajstić information content (AvgIpc) is 3.33. The number of hydrogen-bond donors (Lipinski definition) is 0. The van der Waals surface area contributed by atoms with Crippen molar-refractivity contribution in [1.29, 1.82) is 0 Å². The quantitative estimate of drug-likeness (QED) is 0.448. The zero-order valence-electron chi connectivity index (χ0n) is 16.8. The molecular formula is C24H24N4OS. The highest BCUT2D eigenvalue weighted by Gasteiger charge is 2.53. The monoisotopic (exact) mass is 416 g/mol. The van der Waals surface area contributed by atoms with E-state index in [4.69, 9.17) is 9.84 Å². The van der Waals surface area contributed by atoms with Gasteiger partial charge in [0.25, 0.3) is 0 Å². The van der Waals surface area contributed by atoms with Gasteiger partial charge >= 0.3 is 0 Å². The van der Waals surface area contributed by atoms with Gasteiger partial charge in [-0.05, 0) is 67.7 Å². The Hall–Kier alpha value is -2.47. The van der Waals surface area contributed by atoms with E-state index in [0.717, 1.165) is 39.7 Å². The lowest BCUT2D eigenvalue weighted by molar-refractivity contribution is -0.00569. The second-order valence-corrected chi connectivity index (χ2v) is 10.6. The van der Waals surface area contributed by atoms with E-state index in [-0.39, 0.29) is 0 Å². The Balaban J connectivity index is 1.20. The van der Waals surface area contributed by atoms with Crippen LogP contribution in [0.15, 0.2) is 42.5 Å². The molecule has 0 amide bonds. The van der Waals surface area contributed by atoms with Crippen LogP contribution in [0.25, 0.3) is 15.7 Å². The first-order valence-electron chi connectivity index (χ1n) is 11.1. The van der Waals surface area contributed by atoms with E-state index < -0.39 is 0 Å². The topological polar surface area (TPSA) is 52.3 Å². The predicted molar refractivity (Wildman–Crippen MR) is 117 cm³/mol. The number of ether oxygens (including phenoxy) is 1. The summed E-state index contributed by atoms with van der Waals surface area (Å²) in [5.74, 6) is 4.41. The molecule has 4 aliphatic carbocycles. The zero-order chi connectivity index (χ0) is 19.7. The molecule has 0 spiro atoms. The molecule has 8 rings (SSSR count). The Labute approximate surface area is 179 Å². The second kappa shape index (κ2) is 6.27. The molecule has 2 aromatic heterocycles. The fourth-order valence-corrected chi connectivity index (χ4v) is 7.87. The summed E-state index contributed by atoms with van der Waals surface area (Å²) in [5.41, 5.74) is 0.299. The maximum absolute atomic E-state index is 6.17. The maximum atomic E-state index is 6.17. The smallest absolute Gasteiger partial charge is 0.234 e. The van der Waals surface area contributed by atoms with Gasteiger partial charge < -0.3 is 4.74 Å². The zero-order valence-corrected chi connectivity index (χ0v) is 17.6. The molecule has 0 atom stereocenters. The highest BCUT2D eigenvalue weighted by molar-refractivity contribution is 7.16. The van der Waals surface area contributed by atoms with Crippen LogP contribution in [0.3, 0.4) is 0 Å². The van der Waals surface area contributed by atoms with Gasteiger partial charge in [-0.25, -0.2) is 0 Å². The third-order valence-corrected chi connectivity index (χ3v) is 8.80. The van der Waals surface area contributed by atoms with Crippen LogP contribution in [0.2, 0.25) is 0 Å². The van der Waals surface area contributed by atoms with Crippen molar-refractivity contribution in [3.8, 4) is 5.75 Å². The number of aromatic nitrogens is 4. The van der Waals surface area contributed by atoms with E-state index >= 15 is 0 Å². The molecule has 4 aromatic rings. The van der Waals surface area contributed by atoms with Crippen molar-refractivity contribution in [1.82, 2.24) is 19.8 Å². The molecule has 4 saturated carbocycles. The molecule has 30 heavy (non-hydrogen) atoms. The Morgan fingerprint density at radius 1 is 0.933 bits per heavy atom. The van der Waals surface area contributed by atoms with E-state index in [2.05, 4.69) is 34.5 Å². The van der Waals surface area contributed by atoms with Gasteiger partial charge in [0.15, 0.2) is 5.82 Å². The molecule has 4 aliphatic rings. The van der Waals surface area contributed by atoms with Gasteiger partial charge in [-0.3, -0.25) is 0 Å². The molecule has 2 aromatic carbocycles. The Morgan fingerprint density at radius 2 is 1.67 bits per heavy atom. The molecule has 0 saturated heterocycles. The first-order chi connectivity index (χ1) is 14.8. The average molecular weight is 417 g/mol. The molecule has 6 heteroatoms. The van der Waals surface area contributed by atoms with E-state index in [0.29, 0.717) is 12.0 Å². The Morgan fingerprint density at radius 3 is 2.47 bits per heavy atom. The summed E-state index contributed by atoms with van der Waals surface area (Å²) in [6.45, 7) is 0.374. The standard InChI is InChI=1S/C24H24N4OS/c1-2-6-19-18(4-1)5-3-7-20(19)29-14-21-25-26-23-28(21)27-22(30-23)24-11-15-8-16(12-24)10-17(9-15)13-24/h1-7,15-17H,8-14H2. The summed E-state index contributed by atoms with van der Waals surface area (Å²) in [6, 6.07) is 14.5. The van der Waals surface area contributed by atoms with Crippen LogP contribution < -0.4 is 4.74 Å². The van der Waals surface area contributed by atoms with Crippen LogP contribution in [0, 0.1) is 17.8 Å². The van der Waals surface area contributed by atoms with Gasteiger partial charge in [0.2, 0.25) is 4.96 Å². The second-order valence-electron chi connectivity index (χ2n) is 9.68. The molecule has 2 heterocycles. The lowest BCUT2D eigenvalue weighted by atomic mass is 9.50. The highest BCUT2D eigenvalue weighted by atomic mass is 32.1. The van der Waals surface area contributed by atoms with Crippen molar-refractivity contribution >= 4 is 27.1 Å². The molecule has 0 aliphatic heterocycles. The summed E-state index contributed by atoms with van der Waals surface area (Å²) in [6.07, 6.45) is 8.33. The van der Waals surface area contributed by atoms with E-state index in [1.54, 1.807) is 11.3 Å². The van der Waals surface area contributed by atoms with E-state index in [1.807, 2.05) is 22.7 Å². The number of fused-ring (bicyclic) bond motifs is 2. The van der Waals surface area contributed by atoms with Gasteiger partial charge in [0.1, 0.15) is 17.4 Å². The molecule has 5 nitrogen and oxygen atoms in total. The molecular weight excluding hydrogens is 392 g/mol. The summed E-state index contributed by atoms with van der Waals surface area (Å²) in [4.78, 5) is 0.900. The van der Waals surface area contributed by atoms with Crippen molar-refractivity contribution in [2.75, 3.05) is 0 Å². The number of rotatable bonds is 4. The largest absolute Gasteiger partial charge is 0.485 e. The number of benzene rings is 2. The number of hydrogen-bond acceptors (Lipinski definition) is 5. The first kappa shape index (κ1) is 17.2. The highest BCUT2D eigenvalue weighted by Crippen LogP contribution is 2.61. The van der Waals surface area contributed by atoms with E-state index in [9.17, 15) is 0 Å². The summed E-state index contributed by atoms with van der Waals surface area (Å²) in [5, 5.41) is 17.5. The summed E-state index contributed by atoms with van der Waals surface area (Å²) >= 11 is 1.75. The third-order valence-electron chi connectivity index (χ3n) is 7.65. The summed E-state index contributed by atoms with van der Waals surface area (Å²) < 4.78 is 8.11. The lowest BCUT2D eigenvalue weighted by Gasteiger charge is -2.55. The Bertz CT molecular complexity index is 1220. The van der Waals surface area contributed by atoms with Gasteiger partial charge in [0.05, 0.1) is 0 Å². The van der Waals surface area contributed by atoms with Crippen LogP contribution >= 0.6 is 11.3 Å². The van der Waals surface area contributed by atoms with Crippen molar-refractivity contribution < 1.29 is 4.74 Å². The SMILES string of the molecule is c1ccc2c(OCc3nnc4sc(C56CC7CC(CC(C7)C5)C6)nn34)cccc2c1. The van der Waals surface area contributed by atoms with Crippen molar-refractivity contribution in [2.24, 2.45) is 17.8 Å². The third kappa shape index (κ3) is 2.56. The molecule has 0 radical (unpaired) electrons. The van der Waals surface area contributed by atoms with E-state index in [1.165, 1.54) is 48.9 Å². The molecule has 0 N–H and O–H groups in total. The van der Waals surface area contributed by atoms with Crippen LogP contribution in [0.4, 0.5) is 0 Å². The van der Waals surface area contributed by atoms with Crippen LogP contribution in [-0.4, -0.2) is 19.8 Å². The molecule has 0 unspecified atom stereocenters. The minimum absolute atomic E-state index is 0.299. The number of nitrogens with zero attached hydrogens (tertiary/aromatic N) is 4.